The van der Waals surface area contributed by atoms with Crippen LogP contribution in [0.2, 0.25) is 0 Å². The highest BCUT2D eigenvalue weighted by atomic mass is 16.5. The second-order valence-electron chi connectivity index (χ2n) is 7.06. The van der Waals surface area contributed by atoms with Gasteiger partial charge in [0.1, 0.15) is 30.5 Å². The van der Waals surface area contributed by atoms with Gasteiger partial charge in [-0.1, -0.05) is 66.7 Å². The zero-order valence-electron chi connectivity index (χ0n) is 17.0. The van der Waals surface area contributed by atoms with Crippen LogP contribution in [0.5, 0.6) is 17.2 Å². The zero-order valence-corrected chi connectivity index (χ0v) is 17.0. The minimum Gasteiger partial charge on any atom is -0.506 e. The van der Waals surface area contributed by atoms with E-state index in [0.29, 0.717) is 13.2 Å². The Morgan fingerprint density at radius 2 is 1.26 bits per heavy atom. The third kappa shape index (κ3) is 6.21. The zero-order chi connectivity index (χ0) is 21.3. The third-order valence-corrected chi connectivity index (χ3v) is 4.62. The van der Waals surface area contributed by atoms with Gasteiger partial charge in [-0.15, -0.1) is 0 Å². The van der Waals surface area contributed by atoms with Gasteiger partial charge in [0.2, 0.25) is 0 Å². The highest BCUT2D eigenvalue weighted by molar-refractivity contribution is 5.69. The van der Waals surface area contributed by atoms with Crippen LogP contribution in [0, 0.1) is 0 Å². The predicted molar refractivity (Wildman–Crippen MR) is 123 cm³/mol. The van der Waals surface area contributed by atoms with Crippen molar-refractivity contribution in [3.05, 3.63) is 120 Å². The highest BCUT2D eigenvalue weighted by Crippen LogP contribution is 2.26. The molecule has 1 aromatic heterocycles. The molecule has 1 N–H and O–H groups in total. The molecule has 4 heteroatoms. The monoisotopic (exact) mass is 409 g/mol. The van der Waals surface area contributed by atoms with Crippen LogP contribution >= 0.6 is 0 Å². The number of pyridine rings is 1. The first-order chi connectivity index (χ1) is 15.2. The smallest absolute Gasteiger partial charge is 0.133 e. The summed E-state index contributed by atoms with van der Waals surface area (Å²) in [6, 6.07) is 29.3. The fraction of sp³-hybridized carbons (Fsp3) is 0.0741. The maximum absolute atomic E-state index is 9.40. The molecule has 4 rings (SSSR count). The Morgan fingerprint density at radius 1 is 0.677 bits per heavy atom. The molecule has 31 heavy (non-hydrogen) atoms. The second kappa shape index (κ2) is 10.1. The van der Waals surface area contributed by atoms with Gasteiger partial charge in [0.25, 0.3) is 0 Å². The maximum Gasteiger partial charge on any atom is 0.133 e. The average molecular weight is 409 g/mol. The first-order valence-corrected chi connectivity index (χ1v) is 10.1. The molecule has 0 spiro atoms. The summed E-state index contributed by atoms with van der Waals surface area (Å²) in [6.07, 6.45) is 5.26. The Labute approximate surface area is 182 Å². The molecule has 4 nitrogen and oxygen atoms in total. The van der Waals surface area contributed by atoms with Crippen LogP contribution in [0.3, 0.4) is 0 Å². The van der Waals surface area contributed by atoms with Gasteiger partial charge >= 0.3 is 0 Å². The Morgan fingerprint density at radius 3 is 1.77 bits per heavy atom. The molecule has 1 heterocycles. The molecular formula is C27H23NO3. The highest BCUT2D eigenvalue weighted by Gasteiger charge is 2.04. The Hall–Kier alpha value is -4.05. The molecule has 0 bridgehead atoms. The molecule has 0 radical (unpaired) electrons. The van der Waals surface area contributed by atoms with Crippen molar-refractivity contribution in [3.63, 3.8) is 0 Å². The number of aromatic hydroxyl groups is 1. The largest absolute Gasteiger partial charge is 0.506 e. The lowest BCUT2D eigenvalue weighted by molar-refractivity contribution is 0.290. The SMILES string of the molecule is Oc1ccc(C=Cc2cc(OCc3ccccc3)cc(OCc3ccccc3)c2)nc1. The predicted octanol–water partition coefficient (Wildman–Crippen LogP) is 6.12. The third-order valence-electron chi connectivity index (χ3n) is 4.62. The van der Waals surface area contributed by atoms with E-state index in [-0.39, 0.29) is 5.75 Å². The van der Waals surface area contributed by atoms with Crippen molar-refractivity contribution in [1.82, 2.24) is 4.98 Å². The van der Waals surface area contributed by atoms with Gasteiger partial charge in [-0.3, -0.25) is 4.98 Å². The number of aromatic nitrogens is 1. The first kappa shape index (κ1) is 20.2. The summed E-state index contributed by atoms with van der Waals surface area (Å²) >= 11 is 0. The molecule has 0 saturated heterocycles. The molecule has 154 valence electrons. The van der Waals surface area contributed by atoms with Crippen LogP contribution < -0.4 is 9.47 Å². The van der Waals surface area contributed by atoms with Gasteiger partial charge in [0.15, 0.2) is 0 Å². The van der Waals surface area contributed by atoms with Crippen molar-refractivity contribution in [2.24, 2.45) is 0 Å². The lowest BCUT2D eigenvalue weighted by Gasteiger charge is -2.12. The lowest BCUT2D eigenvalue weighted by atomic mass is 10.1. The molecule has 0 aliphatic heterocycles. The van der Waals surface area contributed by atoms with Gasteiger partial charge in [0, 0.05) is 6.07 Å². The van der Waals surface area contributed by atoms with E-state index in [2.05, 4.69) is 4.98 Å². The van der Waals surface area contributed by atoms with Crippen LogP contribution in [-0.2, 0) is 13.2 Å². The van der Waals surface area contributed by atoms with Gasteiger partial charge < -0.3 is 14.6 Å². The van der Waals surface area contributed by atoms with Gasteiger partial charge in [-0.25, -0.2) is 0 Å². The minimum absolute atomic E-state index is 0.144. The summed E-state index contributed by atoms with van der Waals surface area (Å²) in [6.45, 7) is 0.956. The van der Waals surface area contributed by atoms with Crippen LogP contribution in [0.4, 0.5) is 0 Å². The molecule has 0 aliphatic carbocycles. The van der Waals surface area contributed by atoms with Crippen molar-refractivity contribution in [2.75, 3.05) is 0 Å². The van der Waals surface area contributed by atoms with Gasteiger partial charge in [0.05, 0.1) is 11.9 Å². The number of hydrogen-bond acceptors (Lipinski definition) is 4. The average Bonchev–Trinajstić information content (AvgIpc) is 2.82. The molecule has 0 unspecified atom stereocenters. The fourth-order valence-electron chi connectivity index (χ4n) is 3.02. The van der Waals surface area contributed by atoms with E-state index in [1.807, 2.05) is 91.0 Å². The van der Waals surface area contributed by atoms with Crippen molar-refractivity contribution in [2.45, 2.75) is 13.2 Å². The number of rotatable bonds is 8. The van der Waals surface area contributed by atoms with Crippen molar-refractivity contribution >= 4 is 12.2 Å². The van der Waals surface area contributed by atoms with Crippen molar-refractivity contribution in [3.8, 4) is 17.2 Å². The first-order valence-electron chi connectivity index (χ1n) is 10.1. The molecule has 3 aromatic carbocycles. The van der Waals surface area contributed by atoms with E-state index in [0.717, 1.165) is 33.9 Å². The summed E-state index contributed by atoms with van der Waals surface area (Å²) in [5.41, 5.74) is 3.88. The van der Waals surface area contributed by atoms with Crippen LogP contribution in [0.1, 0.15) is 22.4 Å². The summed E-state index contributed by atoms with van der Waals surface area (Å²) < 4.78 is 12.1. The summed E-state index contributed by atoms with van der Waals surface area (Å²) in [4.78, 5) is 4.19. The quantitative estimate of drug-likeness (QED) is 0.381. The number of hydrogen-bond donors (Lipinski definition) is 1. The molecule has 0 amide bonds. The Balaban J connectivity index is 1.53. The molecule has 0 atom stereocenters. The normalized spacial score (nSPS) is 10.8. The Kier molecular flexibility index (Phi) is 6.61. The molecule has 0 aliphatic rings. The van der Waals surface area contributed by atoms with Crippen molar-refractivity contribution < 1.29 is 14.6 Å². The molecule has 0 fully saturated rings. The van der Waals surface area contributed by atoms with Gasteiger partial charge in [-0.2, -0.15) is 0 Å². The molecule has 0 saturated carbocycles. The maximum atomic E-state index is 9.40. The van der Waals surface area contributed by atoms with Gasteiger partial charge in [-0.05, 0) is 47.0 Å². The molecular weight excluding hydrogens is 386 g/mol. The summed E-state index contributed by atoms with van der Waals surface area (Å²) in [5, 5.41) is 9.40. The summed E-state index contributed by atoms with van der Waals surface area (Å²) in [5.74, 6) is 1.60. The standard InChI is InChI=1S/C27H23NO3/c29-25-14-13-24(28-18-25)12-11-23-15-26(30-19-21-7-3-1-4-8-21)17-27(16-23)31-20-22-9-5-2-6-10-22/h1-18,29H,19-20H2. The topological polar surface area (TPSA) is 51.6 Å². The van der Waals surface area contributed by atoms with Crippen molar-refractivity contribution in [1.29, 1.82) is 0 Å². The van der Waals surface area contributed by atoms with E-state index < -0.39 is 0 Å². The molecule has 4 aromatic rings. The van der Waals surface area contributed by atoms with E-state index in [9.17, 15) is 5.11 Å². The van der Waals surface area contributed by atoms with Crippen LogP contribution in [0.25, 0.3) is 12.2 Å². The number of nitrogens with zero attached hydrogens (tertiary/aromatic N) is 1. The Bertz CT molecular complexity index is 1060. The summed E-state index contributed by atoms with van der Waals surface area (Å²) in [7, 11) is 0. The van der Waals surface area contributed by atoms with Crippen LogP contribution in [0.15, 0.2) is 97.2 Å². The second-order valence-corrected chi connectivity index (χ2v) is 7.06. The number of ether oxygens (including phenoxy) is 2. The number of benzene rings is 3. The van der Waals surface area contributed by atoms with E-state index in [1.54, 1.807) is 12.1 Å². The minimum atomic E-state index is 0.144. The van der Waals surface area contributed by atoms with Crippen LogP contribution in [-0.4, -0.2) is 10.1 Å². The van der Waals surface area contributed by atoms with E-state index in [4.69, 9.17) is 9.47 Å². The van der Waals surface area contributed by atoms with E-state index in [1.165, 1.54) is 6.20 Å². The van der Waals surface area contributed by atoms with E-state index >= 15 is 0 Å². The fourth-order valence-corrected chi connectivity index (χ4v) is 3.02. The lowest BCUT2D eigenvalue weighted by Crippen LogP contribution is -1.98.